The quantitative estimate of drug-likeness (QED) is 0.830. The van der Waals surface area contributed by atoms with Gasteiger partial charge in [0.25, 0.3) is 0 Å². The van der Waals surface area contributed by atoms with Gasteiger partial charge in [0.05, 0.1) is 11.2 Å². The fourth-order valence-electron chi connectivity index (χ4n) is 2.71. The van der Waals surface area contributed by atoms with E-state index in [1.165, 1.54) is 0 Å². The van der Waals surface area contributed by atoms with Crippen molar-refractivity contribution >= 4 is 24.3 Å². The second kappa shape index (κ2) is 7.13. The smallest absolute Gasteiger partial charge is 0.399 e. The molecule has 5 nitrogen and oxygen atoms in total. The lowest BCUT2D eigenvalue weighted by atomic mass is 9.78. The van der Waals surface area contributed by atoms with E-state index in [1.54, 1.807) is 0 Å². The third-order valence-corrected chi connectivity index (χ3v) is 4.96. The molecule has 0 radical (unpaired) electrons. The molecule has 0 saturated carbocycles. The van der Waals surface area contributed by atoms with Crippen LogP contribution in [0.2, 0.25) is 0 Å². The van der Waals surface area contributed by atoms with Crippen LogP contribution in [0.5, 0.6) is 0 Å². The number of anilines is 1. The summed E-state index contributed by atoms with van der Waals surface area (Å²) < 4.78 is 12.2. The lowest BCUT2D eigenvalue weighted by molar-refractivity contribution is 0.00578. The van der Waals surface area contributed by atoms with Gasteiger partial charge in [0.1, 0.15) is 0 Å². The molecular formula is C20H25BN2O3. The van der Waals surface area contributed by atoms with Gasteiger partial charge >= 0.3 is 13.1 Å². The van der Waals surface area contributed by atoms with Crippen LogP contribution in [0.15, 0.2) is 54.6 Å². The van der Waals surface area contributed by atoms with Crippen molar-refractivity contribution in [2.45, 2.75) is 45.4 Å². The third kappa shape index (κ3) is 4.08. The molecule has 1 aliphatic rings. The Balaban J connectivity index is 1.61. The first-order valence-electron chi connectivity index (χ1n) is 8.81. The van der Waals surface area contributed by atoms with E-state index in [-0.39, 0.29) is 17.2 Å². The molecule has 1 heterocycles. The fourth-order valence-corrected chi connectivity index (χ4v) is 2.71. The molecule has 1 fully saturated rings. The molecule has 1 saturated heterocycles. The second-order valence-corrected chi connectivity index (χ2v) is 7.51. The van der Waals surface area contributed by atoms with Crippen LogP contribution in [0.1, 0.15) is 33.3 Å². The van der Waals surface area contributed by atoms with E-state index < -0.39 is 7.12 Å². The summed E-state index contributed by atoms with van der Waals surface area (Å²) in [7, 11) is -0.405. The standard InChI is InChI=1S/C20H25BN2O3/c1-19(2)20(3,4)26-21(25-19)16-10-8-9-15(13-16)14-22-18(24)23-17-11-6-5-7-12-17/h5-13H,14H2,1-4H3,(H2,22,23,24). The Morgan fingerprint density at radius 2 is 1.62 bits per heavy atom. The number of hydrogen-bond donors (Lipinski definition) is 2. The van der Waals surface area contributed by atoms with Gasteiger partial charge in [-0.2, -0.15) is 0 Å². The minimum Gasteiger partial charge on any atom is -0.399 e. The molecule has 0 bridgehead atoms. The van der Waals surface area contributed by atoms with E-state index in [4.69, 9.17) is 9.31 Å². The maximum Gasteiger partial charge on any atom is 0.494 e. The summed E-state index contributed by atoms with van der Waals surface area (Å²) in [5.74, 6) is 0. The van der Waals surface area contributed by atoms with Crippen LogP contribution in [0, 0.1) is 0 Å². The van der Waals surface area contributed by atoms with E-state index in [2.05, 4.69) is 10.6 Å². The Morgan fingerprint density at radius 3 is 2.27 bits per heavy atom. The van der Waals surface area contributed by atoms with Gasteiger partial charge in [0, 0.05) is 12.2 Å². The van der Waals surface area contributed by atoms with Gasteiger partial charge < -0.3 is 19.9 Å². The van der Waals surface area contributed by atoms with E-state index in [0.29, 0.717) is 6.54 Å². The van der Waals surface area contributed by atoms with Crippen LogP contribution in [0.3, 0.4) is 0 Å². The fraction of sp³-hybridized carbons (Fsp3) is 0.350. The van der Waals surface area contributed by atoms with Crippen molar-refractivity contribution in [3.63, 3.8) is 0 Å². The molecule has 26 heavy (non-hydrogen) atoms. The van der Waals surface area contributed by atoms with Crippen molar-refractivity contribution in [2.75, 3.05) is 5.32 Å². The Labute approximate surface area is 155 Å². The Bertz CT molecular complexity index is 762. The molecule has 2 N–H and O–H groups in total. The largest absolute Gasteiger partial charge is 0.494 e. The molecule has 0 aliphatic carbocycles. The highest BCUT2D eigenvalue weighted by Crippen LogP contribution is 2.36. The normalized spacial score (nSPS) is 17.8. The summed E-state index contributed by atoms with van der Waals surface area (Å²) in [6.45, 7) is 8.56. The Kier molecular flexibility index (Phi) is 5.07. The third-order valence-electron chi connectivity index (χ3n) is 4.96. The first kappa shape index (κ1) is 18.5. The zero-order chi connectivity index (χ0) is 18.8. The van der Waals surface area contributed by atoms with Gasteiger partial charge in [-0.15, -0.1) is 0 Å². The molecule has 0 spiro atoms. The number of carbonyl (C=O) groups is 1. The molecule has 3 rings (SSSR count). The predicted octanol–water partition coefficient (Wildman–Crippen LogP) is 3.31. The van der Waals surface area contributed by atoms with Gasteiger partial charge in [-0.05, 0) is 50.9 Å². The van der Waals surface area contributed by atoms with Crippen molar-refractivity contribution < 1.29 is 14.1 Å². The van der Waals surface area contributed by atoms with E-state index in [1.807, 2.05) is 82.3 Å². The monoisotopic (exact) mass is 352 g/mol. The van der Waals surface area contributed by atoms with Crippen LogP contribution in [0.25, 0.3) is 0 Å². The topological polar surface area (TPSA) is 59.6 Å². The average Bonchev–Trinajstić information content (AvgIpc) is 2.82. The zero-order valence-electron chi connectivity index (χ0n) is 15.7. The number of carbonyl (C=O) groups excluding carboxylic acids is 1. The van der Waals surface area contributed by atoms with Crippen molar-refractivity contribution in [2.24, 2.45) is 0 Å². The number of rotatable bonds is 4. The number of para-hydroxylation sites is 1. The molecule has 2 aromatic carbocycles. The first-order valence-corrected chi connectivity index (χ1v) is 8.81. The van der Waals surface area contributed by atoms with E-state index in [0.717, 1.165) is 16.7 Å². The highest BCUT2D eigenvalue weighted by atomic mass is 16.7. The maximum absolute atomic E-state index is 12.0. The zero-order valence-corrected chi connectivity index (χ0v) is 15.7. The Morgan fingerprint density at radius 1 is 0.962 bits per heavy atom. The van der Waals surface area contributed by atoms with Crippen LogP contribution in [0.4, 0.5) is 10.5 Å². The number of nitrogens with one attached hydrogen (secondary N) is 2. The lowest BCUT2D eigenvalue weighted by Gasteiger charge is -2.32. The van der Waals surface area contributed by atoms with Crippen LogP contribution in [-0.4, -0.2) is 24.4 Å². The van der Waals surface area contributed by atoms with Crippen molar-refractivity contribution in [1.29, 1.82) is 0 Å². The van der Waals surface area contributed by atoms with Crippen LogP contribution in [-0.2, 0) is 15.9 Å². The van der Waals surface area contributed by atoms with Gasteiger partial charge in [0.2, 0.25) is 0 Å². The van der Waals surface area contributed by atoms with Crippen LogP contribution >= 0.6 is 0 Å². The minimum atomic E-state index is -0.405. The van der Waals surface area contributed by atoms with Gasteiger partial charge in [-0.25, -0.2) is 4.79 Å². The number of hydrogen-bond acceptors (Lipinski definition) is 3. The molecule has 1 aliphatic heterocycles. The van der Waals surface area contributed by atoms with Crippen molar-refractivity contribution in [1.82, 2.24) is 5.32 Å². The summed E-state index contributed by atoms with van der Waals surface area (Å²) in [6, 6.07) is 17.0. The number of urea groups is 1. The molecule has 2 aromatic rings. The number of amides is 2. The summed E-state index contributed by atoms with van der Waals surface area (Å²) in [5, 5.41) is 5.67. The predicted molar refractivity (Wildman–Crippen MR) is 104 cm³/mol. The summed E-state index contributed by atoms with van der Waals surface area (Å²) in [4.78, 5) is 12.0. The highest BCUT2D eigenvalue weighted by Gasteiger charge is 2.51. The van der Waals surface area contributed by atoms with Crippen molar-refractivity contribution in [3.8, 4) is 0 Å². The highest BCUT2D eigenvalue weighted by molar-refractivity contribution is 6.62. The molecule has 0 unspecified atom stereocenters. The molecule has 2 amide bonds. The average molecular weight is 352 g/mol. The van der Waals surface area contributed by atoms with E-state index >= 15 is 0 Å². The van der Waals surface area contributed by atoms with Gasteiger partial charge in [-0.3, -0.25) is 0 Å². The minimum absolute atomic E-state index is 0.239. The molecule has 6 heteroatoms. The Hall–Kier alpha value is -2.31. The molecule has 0 aromatic heterocycles. The molecule has 136 valence electrons. The van der Waals surface area contributed by atoms with Crippen LogP contribution < -0.4 is 16.1 Å². The molecular weight excluding hydrogens is 327 g/mol. The van der Waals surface area contributed by atoms with Crippen molar-refractivity contribution in [3.05, 3.63) is 60.2 Å². The number of benzene rings is 2. The first-order chi connectivity index (χ1) is 12.3. The molecule has 0 atom stereocenters. The summed E-state index contributed by atoms with van der Waals surface area (Å²) >= 11 is 0. The summed E-state index contributed by atoms with van der Waals surface area (Å²) in [6.07, 6.45) is 0. The van der Waals surface area contributed by atoms with Gasteiger partial charge in [-0.1, -0.05) is 42.5 Å². The second-order valence-electron chi connectivity index (χ2n) is 7.51. The lowest BCUT2D eigenvalue weighted by Crippen LogP contribution is -2.41. The SMILES string of the molecule is CC1(C)OB(c2cccc(CNC(=O)Nc3ccccc3)c2)OC1(C)C. The van der Waals surface area contributed by atoms with E-state index in [9.17, 15) is 4.79 Å². The van der Waals surface area contributed by atoms with Gasteiger partial charge in [0.15, 0.2) is 0 Å². The maximum atomic E-state index is 12.0. The summed E-state index contributed by atoms with van der Waals surface area (Å²) in [5.41, 5.74) is 1.95.